The number of nitrogens with one attached hydrogen (secondary N) is 2. The number of fused-ring (bicyclic) bond motifs is 1. The largest absolute Gasteiger partial charge is 0.376 e. The van der Waals surface area contributed by atoms with Crippen LogP contribution in [0, 0.1) is 0 Å². The Morgan fingerprint density at radius 1 is 1.33 bits per heavy atom. The van der Waals surface area contributed by atoms with E-state index in [4.69, 9.17) is 4.74 Å². The molecule has 4 heterocycles. The van der Waals surface area contributed by atoms with Gasteiger partial charge < -0.3 is 15.0 Å². The molecule has 142 valence electrons. The summed E-state index contributed by atoms with van der Waals surface area (Å²) in [5.41, 5.74) is 3.13. The second-order valence-corrected chi connectivity index (χ2v) is 6.97. The van der Waals surface area contributed by atoms with Crippen molar-refractivity contribution in [3.8, 4) is 0 Å². The molecule has 1 fully saturated rings. The molecule has 8 nitrogen and oxygen atoms in total. The van der Waals surface area contributed by atoms with Crippen molar-refractivity contribution >= 4 is 11.8 Å². The highest BCUT2D eigenvalue weighted by atomic mass is 16.5. The Hall–Kier alpha value is -2.74. The van der Waals surface area contributed by atoms with Gasteiger partial charge in [-0.25, -0.2) is 0 Å². The standard InChI is InChI=1S/C19H23N5O3/c25-17(10-13-3-6-20-7-4-13)24-8-5-15-16(12-24)22-23-18(15)19(26)21-11-14-2-1-9-27-14/h3-4,6-7,14H,1-2,5,8-12H2,(H,21,26)(H,22,23). The molecule has 2 aromatic rings. The third kappa shape index (κ3) is 4.00. The van der Waals surface area contributed by atoms with Gasteiger partial charge in [0.2, 0.25) is 5.91 Å². The SMILES string of the molecule is O=C(NCC1CCCO1)c1n[nH]c2c1CCN(C(=O)Cc1ccncc1)C2. The molecular weight excluding hydrogens is 346 g/mol. The minimum atomic E-state index is -0.181. The Morgan fingerprint density at radius 2 is 2.19 bits per heavy atom. The molecule has 2 aromatic heterocycles. The van der Waals surface area contributed by atoms with Crippen LogP contribution in [0.1, 0.15) is 40.2 Å². The van der Waals surface area contributed by atoms with Gasteiger partial charge >= 0.3 is 0 Å². The summed E-state index contributed by atoms with van der Waals surface area (Å²) in [6, 6.07) is 3.69. The van der Waals surface area contributed by atoms with Crippen LogP contribution in [0.15, 0.2) is 24.5 Å². The average Bonchev–Trinajstić information content (AvgIpc) is 3.36. The molecule has 1 atom stereocenters. The Balaban J connectivity index is 1.36. The van der Waals surface area contributed by atoms with E-state index in [9.17, 15) is 9.59 Å². The predicted molar refractivity (Wildman–Crippen MR) is 97.0 cm³/mol. The topological polar surface area (TPSA) is 100 Å². The number of carbonyl (C=O) groups is 2. The summed E-state index contributed by atoms with van der Waals surface area (Å²) in [5.74, 6) is -0.120. The van der Waals surface area contributed by atoms with E-state index in [0.29, 0.717) is 38.2 Å². The zero-order valence-electron chi connectivity index (χ0n) is 15.1. The minimum Gasteiger partial charge on any atom is -0.376 e. The lowest BCUT2D eigenvalue weighted by Crippen LogP contribution is -2.38. The van der Waals surface area contributed by atoms with Crippen molar-refractivity contribution < 1.29 is 14.3 Å². The molecule has 27 heavy (non-hydrogen) atoms. The molecule has 4 rings (SSSR count). The monoisotopic (exact) mass is 369 g/mol. The van der Waals surface area contributed by atoms with Crippen molar-refractivity contribution in [2.24, 2.45) is 0 Å². The van der Waals surface area contributed by atoms with Crippen molar-refractivity contribution in [3.63, 3.8) is 0 Å². The predicted octanol–water partition coefficient (Wildman–Crippen LogP) is 0.841. The van der Waals surface area contributed by atoms with E-state index in [-0.39, 0.29) is 17.9 Å². The highest BCUT2D eigenvalue weighted by molar-refractivity contribution is 5.94. The van der Waals surface area contributed by atoms with E-state index >= 15 is 0 Å². The molecular formula is C19H23N5O3. The number of carbonyl (C=O) groups excluding carboxylic acids is 2. The van der Waals surface area contributed by atoms with Crippen LogP contribution in [0.4, 0.5) is 0 Å². The first kappa shape index (κ1) is 17.7. The molecule has 2 aliphatic rings. The van der Waals surface area contributed by atoms with Crippen LogP contribution in [-0.4, -0.2) is 57.7 Å². The lowest BCUT2D eigenvalue weighted by molar-refractivity contribution is -0.131. The maximum absolute atomic E-state index is 12.5. The summed E-state index contributed by atoms with van der Waals surface area (Å²) >= 11 is 0. The normalized spacial score (nSPS) is 19.0. The summed E-state index contributed by atoms with van der Waals surface area (Å²) in [6.07, 6.45) is 6.47. The van der Waals surface area contributed by atoms with E-state index in [1.807, 2.05) is 12.1 Å². The number of nitrogens with zero attached hydrogens (tertiary/aromatic N) is 3. The number of aromatic nitrogens is 3. The van der Waals surface area contributed by atoms with Crippen LogP contribution in [0.25, 0.3) is 0 Å². The quantitative estimate of drug-likeness (QED) is 0.814. The molecule has 0 bridgehead atoms. The van der Waals surface area contributed by atoms with Gasteiger partial charge in [-0.3, -0.25) is 19.7 Å². The van der Waals surface area contributed by atoms with Gasteiger partial charge in [0.1, 0.15) is 0 Å². The molecule has 0 saturated carbocycles. The van der Waals surface area contributed by atoms with Crippen LogP contribution in [0.5, 0.6) is 0 Å². The van der Waals surface area contributed by atoms with Gasteiger partial charge in [0, 0.05) is 37.7 Å². The van der Waals surface area contributed by atoms with Crippen molar-refractivity contribution in [2.75, 3.05) is 19.7 Å². The fraction of sp³-hybridized carbons (Fsp3) is 0.474. The van der Waals surface area contributed by atoms with Crippen molar-refractivity contribution in [1.82, 2.24) is 25.4 Å². The highest BCUT2D eigenvalue weighted by Gasteiger charge is 2.28. The fourth-order valence-corrected chi connectivity index (χ4v) is 3.60. The van der Waals surface area contributed by atoms with Crippen LogP contribution >= 0.6 is 0 Å². The van der Waals surface area contributed by atoms with Crippen LogP contribution in [0.3, 0.4) is 0 Å². The van der Waals surface area contributed by atoms with Crippen LogP contribution in [0.2, 0.25) is 0 Å². The first-order valence-electron chi connectivity index (χ1n) is 9.33. The molecule has 0 radical (unpaired) electrons. The molecule has 0 aromatic carbocycles. The van der Waals surface area contributed by atoms with E-state index in [2.05, 4.69) is 20.5 Å². The van der Waals surface area contributed by atoms with Gasteiger partial charge in [-0.05, 0) is 37.0 Å². The van der Waals surface area contributed by atoms with E-state index < -0.39 is 0 Å². The number of amides is 2. The van der Waals surface area contributed by atoms with E-state index in [0.717, 1.165) is 36.3 Å². The third-order valence-electron chi connectivity index (χ3n) is 5.12. The number of pyridine rings is 1. The lowest BCUT2D eigenvalue weighted by Gasteiger charge is -2.27. The molecule has 1 unspecified atom stereocenters. The maximum Gasteiger partial charge on any atom is 0.272 e. The van der Waals surface area contributed by atoms with Gasteiger partial charge in [0.15, 0.2) is 5.69 Å². The molecule has 0 aliphatic carbocycles. The minimum absolute atomic E-state index is 0.0610. The lowest BCUT2D eigenvalue weighted by atomic mass is 10.0. The first-order valence-corrected chi connectivity index (χ1v) is 9.33. The van der Waals surface area contributed by atoms with Gasteiger partial charge in [0.05, 0.1) is 24.8 Å². The maximum atomic E-state index is 12.5. The van der Waals surface area contributed by atoms with Crippen LogP contribution in [-0.2, 0) is 28.9 Å². The molecule has 1 saturated heterocycles. The molecule has 2 N–H and O–H groups in total. The summed E-state index contributed by atoms with van der Waals surface area (Å²) in [6.45, 7) is 2.31. The van der Waals surface area contributed by atoms with Crippen LogP contribution < -0.4 is 5.32 Å². The van der Waals surface area contributed by atoms with Gasteiger partial charge in [-0.1, -0.05) is 0 Å². The van der Waals surface area contributed by atoms with Gasteiger partial charge in [-0.2, -0.15) is 5.10 Å². The molecule has 2 amide bonds. The van der Waals surface area contributed by atoms with Crippen molar-refractivity contribution in [1.29, 1.82) is 0 Å². The third-order valence-corrected chi connectivity index (χ3v) is 5.12. The number of ether oxygens (including phenoxy) is 1. The van der Waals surface area contributed by atoms with Gasteiger partial charge in [0.25, 0.3) is 5.91 Å². The van der Waals surface area contributed by atoms with Crippen molar-refractivity contribution in [2.45, 2.75) is 38.3 Å². The zero-order valence-corrected chi connectivity index (χ0v) is 15.1. The number of rotatable bonds is 5. The number of H-pyrrole nitrogens is 1. The summed E-state index contributed by atoms with van der Waals surface area (Å²) in [7, 11) is 0. The van der Waals surface area contributed by atoms with E-state index in [1.54, 1.807) is 17.3 Å². The van der Waals surface area contributed by atoms with Gasteiger partial charge in [-0.15, -0.1) is 0 Å². The molecule has 0 spiro atoms. The Morgan fingerprint density at radius 3 is 2.96 bits per heavy atom. The number of aromatic amines is 1. The van der Waals surface area contributed by atoms with Crippen molar-refractivity contribution in [3.05, 3.63) is 47.0 Å². The Kier molecular flexibility index (Phi) is 5.15. The molecule has 2 aliphatic heterocycles. The fourth-order valence-electron chi connectivity index (χ4n) is 3.60. The number of hydrogen-bond acceptors (Lipinski definition) is 5. The molecule has 8 heteroatoms. The number of hydrogen-bond donors (Lipinski definition) is 2. The summed E-state index contributed by atoms with van der Waals surface area (Å²) in [4.78, 5) is 30.8. The average molecular weight is 369 g/mol. The summed E-state index contributed by atoms with van der Waals surface area (Å²) < 4.78 is 5.53. The van der Waals surface area contributed by atoms with E-state index in [1.165, 1.54) is 0 Å². The highest BCUT2D eigenvalue weighted by Crippen LogP contribution is 2.21. The Bertz CT molecular complexity index is 814. The zero-order chi connectivity index (χ0) is 18.6. The second kappa shape index (κ2) is 7.87. The first-order chi connectivity index (χ1) is 13.2. The Labute approximate surface area is 157 Å². The second-order valence-electron chi connectivity index (χ2n) is 6.97. The summed E-state index contributed by atoms with van der Waals surface area (Å²) in [5, 5.41) is 10.0. The smallest absolute Gasteiger partial charge is 0.272 e.